The molecule has 47 heavy (non-hydrogen) atoms. The first kappa shape index (κ1) is 33.5. The standard InChI is InChI=1S/C37H39N3O6S/c1-40(2)29-19-15-27(16-20-29)38-39-28-17-21-30(22-18-28)47(44,45)23-9-3-4-10-26(37(42)43)24-36(41)46-25-35-33-13-7-5-11-31(33)32-12-6-8-14-34(32)35/h5-8,11-22,26,35H,3-4,9-10,23-25H2,1-2H3,(H,42,43)/t26-/m1/s1. The molecule has 0 aliphatic heterocycles. The number of fused-ring (bicyclic) bond motifs is 3. The number of hydrogen-bond acceptors (Lipinski definition) is 8. The molecular weight excluding hydrogens is 614 g/mol. The maximum Gasteiger partial charge on any atom is 0.307 e. The number of anilines is 1. The van der Waals surface area contributed by atoms with Gasteiger partial charge in [0.2, 0.25) is 0 Å². The summed E-state index contributed by atoms with van der Waals surface area (Å²) in [6.07, 6.45) is 1.42. The van der Waals surface area contributed by atoms with Gasteiger partial charge in [0.15, 0.2) is 9.84 Å². The summed E-state index contributed by atoms with van der Waals surface area (Å²) in [6, 6.07) is 29.9. The van der Waals surface area contributed by atoms with Crippen molar-refractivity contribution < 1.29 is 27.9 Å². The highest BCUT2D eigenvalue weighted by Gasteiger charge is 2.30. The van der Waals surface area contributed by atoms with Gasteiger partial charge in [-0.15, -0.1) is 0 Å². The van der Waals surface area contributed by atoms with Crippen LogP contribution in [-0.4, -0.2) is 51.9 Å². The van der Waals surface area contributed by atoms with Crippen molar-refractivity contribution in [3.63, 3.8) is 0 Å². The van der Waals surface area contributed by atoms with Crippen molar-refractivity contribution in [3.8, 4) is 11.1 Å². The van der Waals surface area contributed by atoms with Crippen molar-refractivity contribution in [3.05, 3.63) is 108 Å². The largest absolute Gasteiger partial charge is 0.481 e. The topological polar surface area (TPSA) is 126 Å². The van der Waals surface area contributed by atoms with E-state index in [1.165, 1.54) is 12.1 Å². The summed E-state index contributed by atoms with van der Waals surface area (Å²) in [7, 11) is 0.396. The molecule has 1 aliphatic carbocycles. The molecule has 0 aromatic heterocycles. The molecule has 9 nitrogen and oxygen atoms in total. The number of rotatable bonds is 15. The van der Waals surface area contributed by atoms with Crippen LogP contribution in [0.15, 0.2) is 112 Å². The van der Waals surface area contributed by atoms with E-state index in [0.29, 0.717) is 30.6 Å². The lowest BCUT2D eigenvalue weighted by atomic mass is 9.97. The minimum absolute atomic E-state index is 0.0593. The number of carboxylic acid groups (broad SMARTS) is 1. The lowest BCUT2D eigenvalue weighted by Crippen LogP contribution is -2.21. The first-order valence-corrected chi connectivity index (χ1v) is 17.4. The molecule has 4 aromatic carbocycles. The number of sulfone groups is 1. The Morgan fingerprint density at radius 3 is 1.89 bits per heavy atom. The second kappa shape index (κ2) is 15.2. The van der Waals surface area contributed by atoms with Crippen LogP contribution in [0, 0.1) is 5.92 Å². The fourth-order valence-corrected chi connectivity index (χ4v) is 7.19. The van der Waals surface area contributed by atoms with E-state index in [1.807, 2.05) is 79.7 Å². The zero-order valence-electron chi connectivity index (χ0n) is 26.6. The number of nitrogens with zero attached hydrogens (tertiary/aromatic N) is 3. The summed E-state index contributed by atoms with van der Waals surface area (Å²) in [5, 5.41) is 18.1. The summed E-state index contributed by atoms with van der Waals surface area (Å²) >= 11 is 0. The molecule has 0 saturated carbocycles. The fraction of sp³-hybridized carbons (Fsp3) is 0.297. The van der Waals surface area contributed by atoms with E-state index in [4.69, 9.17) is 4.74 Å². The molecule has 1 aliphatic rings. The third-order valence-electron chi connectivity index (χ3n) is 8.44. The number of ether oxygens (including phenoxy) is 1. The van der Waals surface area contributed by atoms with Crippen molar-refractivity contribution in [1.82, 2.24) is 0 Å². The number of unbranched alkanes of at least 4 members (excludes halogenated alkanes) is 2. The number of carbonyl (C=O) groups is 2. The van der Waals surface area contributed by atoms with E-state index in [-0.39, 0.29) is 36.0 Å². The highest BCUT2D eigenvalue weighted by Crippen LogP contribution is 2.44. The summed E-state index contributed by atoms with van der Waals surface area (Å²) in [4.78, 5) is 26.8. The van der Waals surface area contributed by atoms with Gasteiger partial charge in [-0.25, -0.2) is 8.42 Å². The Morgan fingerprint density at radius 2 is 1.34 bits per heavy atom. The van der Waals surface area contributed by atoms with Crippen molar-refractivity contribution >= 4 is 38.8 Å². The van der Waals surface area contributed by atoms with Gasteiger partial charge in [-0.3, -0.25) is 9.59 Å². The summed E-state index contributed by atoms with van der Waals surface area (Å²) in [6.45, 7) is 0.145. The van der Waals surface area contributed by atoms with Crippen LogP contribution in [0.4, 0.5) is 17.1 Å². The molecule has 0 saturated heterocycles. The molecule has 10 heteroatoms. The number of carboxylic acids is 1. The van der Waals surface area contributed by atoms with Crippen LogP contribution < -0.4 is 4.90 Å². The maximum absolute atomic E-state index is 12.9. The van der Waals surface area contributed by atoms with Crippen molar-refractivity contribution in [1.29, 1.82) is 0 Å². The van der Waals surface area contributed by atoms with Crippen LogP contribution in [0.1, 0.15) is 49.1 Å². The highest BCUT2D eigenvalue weighted by atomic mass is 32.2. The molecule has 1 N–H and O–H groups in total. The molecule has 0 fully saturated rings. The van der Waals surface area contributed by atoms with Crippen LogP contribution in [0.5, 0.6) is 0 Å². The third kappa shape index (κ3) is 8.51. The third-order valence-corrected chi connectivity index (χ3v) is 10.3. The van der Waals surface area contributed by atoms with Crippen molar-refractivity contribution in [2.75, 3.05) is 31.4 Å². The Balaban J connectivity index is 1.05. The Hall–Kier alpha value is -4.83. The minimum Gasteiger partial charge on any atom is -0.481 e. The highest BCUT2D eigenvalue weighted by molar-refractivity contribution is 7.91. The second-order valence-corrected chi connectivity index (χ2v) is 14.0. The number of aliphatic carboxylic acids is 1. The van der Waals surface area contributed by atoms with E-state index in [1.54, 1.807) is 12.1 Å². The van der Waals surface area contributed by atoms with Crippen LogP contribution in [0.2, 0.25) is 0 Å². The molecule has 0 radical (unpaired) electrons. The number of esters is 1. The Morgan fingerprint density at radius 1 is 0.787 bits per heavy atom. The molecule has 0 spiro atoms. The number of carbonyl (C=O) groups excluding carboxylic acids is 1. The van der Waals surface area contributed by atoms with Gasteiger partial charge < -0.3 is 14.7 Å². The molecule has 4 aromatic rings. The van der Waals surface area contributed by atoms with Gasteiger partial charge in [0.25, 0.3) is 0 Å². The second-order valence-electron chi connectivity index (χ2n) is 11.9. The molecule has 0 heterocycles. The van der Waals surface area contributed by atoms with E-state index in [2.05, 4.69) is 22.4 Å². The maximum atomic E-state index is 12.9. The normalized spacial score (nSPS) is 13.2. The Bertz CT molecular complexity index is 1790. The average molecular weight is 654 g/mol. The van der Waals surface area contributed by atoms with E-state index in [0.717, 1.165) is 27.9 Å². The van der Waals surface area contributed by atoms with Crippen LogP contribution in [0.25, 0.3) is 11.1 Å². The monoisotopic (exact) mass is 653 g/mol. The van der Waals surface area contributed by atoms with Gasteiger partial charge in [0.1, 0.15) is 6.61 Å². The first-order chi connectivity index (χ1) is 22.6. The predicted octanol–water partition coefficient (Wildman–Crippen LogP) is 7.95. The number of azo groups is 1. The molecule has 1 atom stereocenters. The quantitative estimate of drug-likeness (QED) is 0.0784. The zero-order chi connectivity index (χ0) is 33.4. The van der Waals surface area contributed by atoms with Gasteiger partial charge in [-0.1, -0.05) is 61.4 Å². The molecule has 244 valence electrons. The van der Waals surface area contributed by atoms with E-state index in [9.17, 15) is 23.1 Å². The molecule has 5 rings (SSSR count). The zero-order valence-corrected chi connectivity index (χ0v) is 27.4. The summed E-state index contributed by atoms with van der Waals surface area (Å²) in [5.74, 6) is -2.66. The lowest BCUT2D eigenvalue weighted by molar-refractivity contribution is -0.152. The van der Waals surface area contributed by atoms with Crippen LogP contribution in [0.3, 0.4) is 0 Å². The number of benzene rings is 4. The Labute approximate surface area is 275 Å². The van der Waals surface area contributed by atoms with Crippen molar-refractivity contribution in [2.45, 2.75) is 42.9 Å². The predicted molar refractivity (Wildman–Crippen MR) is 182 cm³/mol. The van der Waals surface area contributed by atoms with Gasteiger partial charge in [-0.05, 0) is 83.6 Å². The van der Waals surface area contributed by atoms with Gasteiger partial charge >= 0.3 is 11.9 Å². The van der Waals surface area contributed by atoms with E-state index < -0.39 is 27.7 Å². The van der Waals surface area contributed by atoms with E-state index >= 15 is 0 Å². The Kier molecular flexibility index (Phi) is 10.8. The molecule has 0 unspecified atom stereocenters. The minimum atomic E-state index is -3.52. The van der Waals surface area contributed by atoms with Crippen LogP contribution >= 0.6 is 0 Å². The molecule has 0 bridgehead atoms. The van der Waals surface area contributed by atoms with Crippen LogP contribution in [-0.2, 0) is 24.2 Å². The first-order valence-electron chi connectivity index (χ1n) is 15.7. The fourth-order valence-electron chi connectivity index (χ4n) is 5.82. The molecule has 0 amide bonds. The van der Waals surface area contributed by atoms with Gasteiger partial charge in [0, 0.05) is 25.7 Å². The molecular formula is C37H39N3O6S. The summed E-state index contributed by atoms with van der Waals surface area (Å²) < 4.78 is 31.4. The SMILES string of the molecule is CN(C)c1ccc(N=Nc2ccc(S(=O)(=O)CCCCC[C@H](CC(=O)OCC3c4ccccc4-c4ccccc43)C(=O)O)cc2)cc1. The number of hydrogen-bond donors (Lipinski definition) is 1. The lowest BCUT2D eigenvalue weighted by Gasteiger charge is -2.16. The van der Waals surface area contributed by atoms with Crippen molar-refractivity contribution in [2.24, 2.45) is 16.1 Å². The van der Waals surface area contributed by atoms with Gasteiger partial charge in [-0.2, -0.15) is 10.2 Å². The van der Waals surface area contributed by atoms with Gasteiger partial charge in [0.05, 0.1) is 34.4 Å². The average Bonchev–Trinajstić information content (AvgIpc) is 3.39. The smallest absolute Gasteiger partial charge is 0.307 e. The summed E-state index contributed by atoms with van der Waals surface area (Å²) in [5.41, 5.74) is 6.71.